The minimum absolute atomic E-state index is 0.357. The standard InChI is InChI=1S/C17H21NOS/c19-17(11-14-10-12-5-6-13(14)9-12)18-7-8-20-16-4-2-1-3-15(16)18/h1-4,12-14H,5-11H2/t12-,13-,14-/m0/s1. The summed E-state index contributed by atoms with van der Waals surface area (Å²) >= 11 is 1.87. The number of nitrogens with zero attached hydrogens (tertiary/aromatic N) is 1. The molecule has 106 valence electrons. The second kappa shape index (κ2) is 5.10. The maximum Gasteiger partial charge on any atom is 0.227 e. The van der Waals surface area contributed by atoms with Gasteiger partial charge in [-0.25, -0.2) is 0 Å². The zero-order valence-electron chi connectivity index (χ0n) is 11.8. The number of fused-ring (bicyclic) bond motifs is 3. The number of carbonyl (C=O) groups excluding carboxylic acids is 1. The lowest BCUT2D eigenvalue weighted by molar-refractivity contribution is -0.119. The predicted molar refractivity (Wildman–Crippen MR) is 83.1 cm³/mol. The first-order valence-corrected chi connectivity index (χ1v) is 8.82. The fourth-order valence-electron chi connectivity index (χ4n) is 4.39. The number of rotatable bonds is 2. The van der Waals surface area contributed by atoms with Crippen LogP contribution in [0, 0.1) is 17.8 Å². The summed E-state index contributed by atoms with van der Waals surface area (Å²) in [6.45, 7) is 0.876. The Hall–Kier alpha value is -0.960. The summed E-state index contributed by atoms with van der Waals surface area (Å²) < 4.78 is 0. The highest BCUT2D eigenvalue weighted by molar-refractivity contribution is 7.99. The van der Waals surface area contributed by atoms with Gasteiger partial charge >= 0.3 is 0 Å². The van der Waals surface area contributed by atoms with E-state index in [9.17, 15) is 4.79 Å². The number of thioether (sulfide) groups is 1. The molecule has 0 unspecified atom stereocenters. The monoisotopic (exact) mass is 287 g/mol. The van der Waals surface area contributed by atoms with E-state index in [1.165, 1.54) is 30.6 Å². The molecule has 4 rings (SSSR count). The minimum atomic E-state index is 0.357. The van der Waals surface area contributed by atoms with Crippen molar-refractivity contribution < 1.29 is 4.79 Å². The first-order valence-electron chi connectivity index (χ1n) is 7.83. The Balaban J connectivity index is 1.49. The molecule has 1 aromatic rings. The largest absolute Gasteiger partial charge is 0.310 e. The second-order valence-corrected chi connectivity index (χ2v) is 7.64. The molecule has 2 nitrogen and oxygen atoms in total. The highest BCUT2D eigenvalue weighted by Crippen LogP contribution is 2.50. The highest BCUT2D eigenvalue weighted by atomic mass is 32.2. The number of benzene rings is 1. The number of anilines is 1. The minimum Gasteiger partial charge on any atom is -0.310 e. The van der Waals surface area contributed by atoms with Crippen LogP contribution in [0.3, 0.4) is 0 Å². The average Bonchev–Trinajstić information content (AvgIpc) is 3.09. The lowest BCUT2D eigenvalue weighted by Crippen LogP contribution is -2.37. The van der Waals surface area contributed by atoms with Gasteiger partial charge < -0.3 is 4.90 Å². The first-order chi connectivity index (χ1) is 9.81. The molecule has 0 aromatic heterocycles. The molecule has 20 heavy (non-hydrogen) atoms. The third-order valence-corrected chi connectivity index (χ3v) is 6.39. The van der Waals surface area contributed by atoms with Crippen molar-refractivity contribution in [3.05, 3.63) is 24.3 Å². The quantitative estimate of drug-likeness (QED) is 0.821. The fraction of sp³-hybridized carbons (Fsp3) is 0.588. The molecule has 1 heterocycles. The van der Waals surface area contributed by atoms with Gasteiger partial charge in [0, 0.05) is 23.6 Å². The van der Waals surface area contributed by atoms with Crippen molar-refractivity contribution in [3.8, 4) is 0 Å². The Morgan fingerprint density at radius 1 is 1.25 bits per heavy atom. The van der Waals surface area contributed by atoms with Crippen molar-refractivity contribution in [2.45, 2.75) is 37.0 Å². The van der Waals surface area contributed by atoms with Gasteiger partial charge in [-0.2, -0.15) is 0 Å². The zero-order valence-corrected chi connectivity index (χ0v) is 12.6. The van der Waals surface area contributed by atoms with Gasteiger partial charge in [-0.3, -0.25) is 4.79 Å². The molecule has 2 saturated carbocycles. The Bertz CT molecular complexity index is 529. The summed E-state index contributed by atoms with van der Waals surface area (Å²) in [5, 5.41) is 0. The molecule has 2 bridgehead atoms. The maximum absolute atomic E-state index is 12.7. The van der Waals surface area contributed by atoms with Gasteiger partial charge in [0.2, 0.25) is 5.91 Å². The van der Waals surface area contributed by atoms with Crippen LogP contribution in [-0.2, 0) is 4.79 Å². The Morgan fingerprint density at radius 2 is 2.15 bits per heavy atom. The average molecular weight is 287 g/mol. The van der Waals surface area contributed by atoms with Gasteiger partial charge in [-0.15, -0.1) is 11.8 Å². The molecule has 3 heteroatoms. The van der Waals surface area contributed by atoms with Crippen molar-refractivity contribution in [2.24, 2.45) is 17.8 Å². The van der Waals surface area contributed by atoms with E-state index in [4.69, 9.17) is 0 Å². The summed E-state index contributed by atoms with van der Waals surface area (Å²) in [6, 6.07) is 8.34. The van der Waals surface area contributed by atoms with Crippen LogP contribution in [-0.4, -0.2) is 18.2 Å². The van der Waals surface area contributed by atoms with E-state index in [0.29, 0.717) is 11.8 Å². The van der Waals surface area contributed by atoms with Crippen LogP contribution in [0.2, 0.25) is 0 Å². The Morgan fingerprint density at radius 3 is 2.95 bits per heavy atom. The van der Waals surface area contributed by atoms with Gasteiger partial charge in [0.05, 0.1) is 5.69 Å². The van der Waals surface area contributed by atoms with Crippen molar-refractivity contribution >= 4 is 23.4 Å². The van der Waals surface area contributed by atoms with E-state index in [2.05, 4.69) is 18.2 Å². The summed E-state index contributed by atoms with van der Waals surface area (Å²) in [5.41, 5.74) is 1.14. The van der Waals surface area contributed by atoms with Gasteiger partial charge in [0.15, 0.2) is 0 Å². The third-order valence-electron chi connectivity index (χ3n) is 5.35. The van der Waals surface area contributed by atoms with E-state index in [0.717, 1.165) is 36.2 Å². The number of para-hydroxylation sites is 1. The van der Waals surface area contributed by atoms with Crippen molar-refractivity contribution in [1.29, 1.82) is 0 Å². The molecule has 1 aliphatic heterocycles. The molecule has 1 aromatic carbocycles. The van der Waals surface area contributed by atoms with Crippen LogP contribution in [0.1, 0.15) is 32.1 Å². The smallest absolute Gasteiger partial charge is 0.227 e. The van der Waals surface area contributed by atoms with Crippen molar-refractivity contribution in [2.75, 3.05) is 17.2 Å². The lowest BCUT2D eigenvalue weighted by atomic mass is 9.86. The molecule has 3 aliphatic rings. The van der Waals surface area contributed by atoms with Gasteiger partial charge in [-0.05, 0) is 49.1 Å². The van der Waals surface area contributed by atoms with Gasteiger partial charge in [0.25, 0.3) is 0 Å². The summed E-state index contributed by atoms with van der Waals surface area (Å²) in [7, 11) is 0. The highest BCUT2D eigenvalue weighted by Gasteiger charge is 2.40. The predicted octanol–water partition coefficient (Wildman–Crippen LogP) is 3.95. The van der Waals surface area contributed by atoms with Crippen LogP contribution in [0.25, 0.3) is 0 Å². The Labute approximate surface area is 124 Å². The summed E-state index contributed by atoms with van der Waals surface area (Å²) in [5.74, 6) is 3.83. The molecule has 1 amide bonds. The molecule has 2 fully saturated rings. The van der Waals surface area contributed by atoms with Crippen LogP contribution >= 0.6 is 11.8 Å². The molecule has 3 atom stereocenters. The molecular formula is C17H21NOS. The van der Waals surface area contributed by atoms with Crippen LogP contribution < -0.4 is 4.90 Å². The van der Waals surface area contributed by atoms with Crippen molar-refractivity contribution in [1.82, 2.24) is 0 Å². The number of amides is 1. The van der Waals surface area contributed by atoms with E-state index < -0.39 is 0 Å². The molecule has 2 aliphatic carbocycles. The zero-order chi connectivity index (χ0) is 13.5. The fourth-order valence-corrected chi connectivity index (χ4v) is 5.38. The summed E-state index contributed by atoms with van der Waals surface area (Å²) in [6.07, 6.45) is 6.26. The van der Waals surface area contributed by atoms with Gasteiger partial charge in [-0.1, -0.05) is 18.6 Å². The molecular weight excluding hydrogens is 266 g/mol. The molecule has 0 spiro atoms. The van der Waals surface area contributed by atoms with E-state index in [1.807, 2.05) is 22.7 Å². The van der Waals surface area contributed by atoms with E-state index in [-0.39, 0.29) is 0 Å². The number of carbonyl (C=O) groups is 1. The number of hydrogen-bond acceptors (Lipinski definition) is 2. The molecule has 0 N–H and O–H groups in total. The third kappa shape index (κ3) is 2.16. The van der Waals surface area contributed by atoms with Crippen LogP contribution in [0.15, 0.2) is 29.2 Å². The molecule has 0 radical (unpaired) electrons. The van der Waals surface area contributed by atoms with Gasteiger partial charge in [0.1, 0.15) is 0 Å². The Kier molecular flexibility index (Phi) is 3.25. The summed E-state index contributed by atoms with van der Waals surface area (Å²) in [4.78, 5) is 16.0. The first kappa shape index (κ1) is 12.8. The maximum atomic E-state index is 12.7. The number of hydrogen-bond donors (Lipinski definition) is 0. The van der Waals surface area contributed by atoms with E-state index in [1.54, 1.807) is 0 Å². The van der Waals surface area contributed by atoms with Crippen LogP contribution in [0.4, 0.5) is 5.69 Å². The lowest BCUT2D eigenvalue weighted by Gasteiger charge is -2.31. The SMILES string of the molecule is O=C(C[C@@H]1C[C@H]2CC[C@H]1C2)N1CCSc2ccccc21. The van der Waals surface area contributed by atoms with E-state index >= 15 is 0 Å². The molecule has 0 saturated heterocycles. The topological polar surface area (TPSA) is 20.3 Å². The van der Waals surface area contributed by atoms with Crippen molar-refractivity contribution in [3.63, 3.8) is 0 Å². The van der Waals surface area contributed by atoms with Crippen LogP contribution in [0.5, 0.6) is 0 Å². The second-order valence-electron chi connectivity index (χ2n) is 6.50. The normalized spacial score (nSPS) is 31.4.